The Morgan fingerprint density at radius 1 is 0.853 bits per heavy atom. The molecule has 0 aliphatic rings. The molecule has 3 aromatic carbocycles. The molecule has 0 bridgehead atoms. The number of para-hydroxylation sites is 1. The molecule has 0 spiro atoms. The molecular weight excluding hydrogens is 537 g/mol. The number of nitrogens with zero attached hydrogens (tertiary/aromatic N) is 2. The van der Waals surface area contributed by atoms with Gasteiger partial charge in [-0.05, 0) is 42.7 Å². The molecule has 4 aromatic rings. The average molecular weight is 559 g/mol. The Morgan fingerprint density at radius 2 is 1.41 bits per heavy atom. The van der Waals surface area contributed by atoms with Crippen LogP contribution in [0.4, 0.5) is 5.00 Å². The molecule has 0 amide bonds. The summed E-state index contributed by atoms with van der Waals surface area (Å²) in [5.41, 5.74) is 0. The highest BCUT2D eigenvalue weighted by Crippen LogP contribution is 2.47. The van der Waals surface area contributed by atoms with E-state index in [9.17, 15) is 0 Å². The van der Waals surface area contributed by atoms with Crippen LogP contribution in [0, 0.1) is 0 Å². The van der Waals surface area contributed by atoms with Gasteiger partial charge < -0.3 is 4.74 Å². The maximum Gasteiger partial charge on any atom is 0.198 e. The van der Waals surface area contributed by atoms with Gasteiger partial charge in [0.05, 0.1) is 10.8 Å². The van der Waals surface area contributed by atoms with Gasteiger partial charge in [0.2, 0.25) is 0 Å². The molecule has 0 aliphatic carbocycles. The highest BCUT2D eigenvalue weighted by molar-refractivity contribution is 8.85. The van der Waals surface area contributed by atoms with Gasteiger partial charge in [-0.3, -0.25) is 0 Å². The van der Waals surface area contributed by atoms with Gasteiger partial charge in [0.25, 0.3) is 0 Å². The molecule has 0 atom stereocenters. The summed E-state index contributed by atoms with van der Waals surface area (Å²) in [6.07, 6.45) is 4.52. The van der Waals surface area contributed by atoms with Crippen LogP contribution in [-0.2, 0) is 0 Å². The second-order valence-electron chi connectivity index (χ2n) is 6.71. The zero-order chi connectivity index (χ0) is 23.4. The van der Waals surface area contributed by atoms with Crippen molar-refractivity contribution in [2.75, 3.05) is 6.26 Å². The highest BCUT2D eigenvalue weighted by atomic mass is 33.1. The lowest BCUT2D eigenvalue weighted by Crippen LogP contribution is -2.13. The lowest BCUT2D eigenvalue weighted by Gasteiger charge is -2.17. The second-order valence-corrected chi connectivity index (χ2v) is 14.0. The molecular formula is C25H22N2OS6. The summed E-state index contributed by atoms with van der Waals surface area (Å²) in [6, 6.07) is 30.8. The van der Waals surface area contributed by atoms with Crippen molar-refractivity contribution in [1.29, 1.82) is 0 Å². The van der Waals surface area contributed by atoms with E-state index in [0.717, 1.165) is 15.1 Å². The first-order chi connectivity index (χ1) is 16.8. The Balaban J connectivity index is 1.53. The third kappa shape index (κ3) is 8.62. The molecule has 34 heavy (non-hydrogen) atoms. The van der Waals surface area contributed by atoms with E-state index in [1.54, 1.807) is 44.7 Å². The first kappa shape index (κ1) is 25.6. The molecule has 0 saturated heterocycles. The lowest BCUT2D eigenvalue weighted by molar-refractivity contribution is 0.536. The van der Waals surface area contributed by atoms with Gasteiger partial charge in [-0.15, -0.1) is 0 Å². The number of thioether (sulfide) groups is 1. The molecule has 0 aliphatic heterocycles. The fraction of sp³-hybridized carbons (Fsp3) is 0.120. The van der Waals surface area contributed by atoms with Crippen LogP contribution in [0.25, 0.3) is 0 Å². The second kappa shape index (κ2) is 14.2. The van der Waals surface area contributed by atoms with E-state index in [4.69, 9.17) is 9.73 Å². The molecule has 0 radical (unpaired) electrons. The van der Waals surface area contributed by atoms with Crippen molar-refractivity contribution >= 4 is 77.2 Å². The van der Waals surface area contributed by atoms with Crippen LogP contribution in [-0.4, -0.2) is 21.7 Å². The first-order valence-electron chi connectivity index (χ1n) is 10.4. The van der Waals surface area contributed by atoms with E-state index in [1.807, 2.05) is 76.5 Å². The molecule has 0 N–H and O–H groups in total. The van der Waals surface area contributed by atoms with Gasteiger partial charge >= 0.3 is 0 Å². The number of ether oxygens (including phenoxy) is 1. The number of hydrogen-bond donors (Lipinski definition) is 0. The average Bonchev–Trinajstić information content (AvgIpc) is 3.35. The normalized spacial score (nSPS) is 11.6. The molecule has 1 aromatic heterocycles. The van der Waals surface area contributed by atoms with Crippen molar-refractivity contribution in [3.63, 3.8) is 0 Å². The van der Waals surface area contributed by atoms with E-state index >= 15 is 0 Å². The van der Waals surface area contributed by atoms with Crippen molar-refractivity contribution in [3.8, 4) is 5.75 Å². The van der Waals surface area contributed by atoms with Crippen LogP contribution in [0.3, 0.4) is 0 Å². The van der Waals surface area contributed by atoms with E-state index in [0.29, 0.717) is 12.3 Å². The Labute approximate surface area is 224 Å². The fourth-order valence-corrected chi connectivity index (χ4v) is 9.71. The Kier molecular flexibility index (Phi) is 10.7. The van der Waals surface area contributed by atoms with Crippen molar-refractivity contribution in [3.05, 3.63) is 97.2 Å². The third-order valence-corrected chi connectivity index (χ3v) is 12.4. The largest absolute Gasteiger partial charge is 0.443 e. The number of hydrogen-bond acceptors (Lipinski definition) is 9. The quantitative estimate of drug-likeness (QED) is 0.0596. The zero-order valence-corrected chi connectivity index (χ0v) is 23.2. The molecule has 174 valence electrons. The summed E-state index contributed by atoms with van der Waals surface area (Å²) >= 11 is 3.21. The van der Waals surface area contributed by atoms with E-state index < -0.39 is 0 Å². The number of aliphatic imine (C=N–C) groups is 1. The fourth-order valence-electron chi connectivity index (χ4n) is 2.65. The number of aromatic nitrogens is 1. The van der Waals surface area contributed by atoms with Crippen molar-refractivity contribution in [1.82, 2.24) is 4.98 Å². The standard InChI is InChI=1S/C25H22N2OS6/c1-29-25-26-18-23(30-25)27-22(28-19-11-5-2-6-12-19)17-24(33-31-20-13-7-3-8-14-20)34-32-21-15-9-4-10-16-21/h2-16,18,24H,17H2,1H3/b27-22-. The molecule has 3 nitrogen and oxygen atoms in total. The Hall–Kier alpha value is -1.49. The van der Waals surface area contributed by atoms with Gasteiger partial charge in [-0.25, -0.2) is 9.98 Å². The summed E-state index contributed by atoms with van der Waals surface area (Å²) in [6.45, 7) is 0. The summed E-state index contributed by atoms with van der Waals surface area (Å²) < 4.78 is 7.48. The Bertz CT molecular complexity index is 1110. The van der Waals surface area contributed by atoms with Gasteiger partial charge in [0.1, 0.15) is 10.8 Å². The molecule has 9 heteroatoms. The minimum absolute atomic E-state index is 0.214. The van der Waals surface area contributed by atoms with Crippen LogP contribution in [0.5, 0.6) is 5.75 Å². The smallest absolute Gasteiger partial charge is 0.198 e. The first-order valence-corrected chi connectivity index (χ1v) is 16.8. The monoisotopic (exact) mass is 558 g/mol. The van der Waals surface area contributed by atoms with Crippen LogP contribution in [0.15, 0.2) is 116 Å². The maximum absolute atomic E-state index is 6.27. The lowest BCUT2D eigenvalue weighted by atomic mass is 10.3. The summed E-state index contributed by atoms with van der Waals surface area (Å²) in [7, 11) is 7.24. The third-order valence-electron chi connectivity index (χ3n) is 4.19. The SMILES string of the molecule is CSc1ncc(/N=C(/CC(SSc2ccccc2)SSc2ccccc2)Oc2ccccc2)s1. The predicted molar refractivity (Wildman–Crippen MR) is 156 cm³/mol. The van der Waals surface area contributed by atoms with E-state index in [2.05, 4.69) is 53.5 Å². The number of rotatable bonds is 11. The molecule has 1 heterocycles. The van der Waals surface area contributed by atoms with E-state index in [-0.39, 0.29) is 4.58 Å². The van der Waals surface area contributed by atoms with Crippen molar-refractivity contribution < 1.29 is 4.74 Å². The zero-order valence-electron chi connectivity index (χ0n) is 18.3. The summed E-state index contributed by atoms with van der Waals surface area (Å²) in [5, 5.41) is 0.857. The predicted octanol–water partition coefficient (Wildman–Crippen LogP) is 9.57. The van der Waals surface area contributed by atoms with Crippen molar-refractivity contribution in [2.45, 2.75) is 25.1 Å². The van der Waals surface area contributed by atoms with Crippen LogP contribution in [0.1, 0.15) is 6.42 Å². The van der Waals surface area contributed by atoms with Crippen LogP contribution >= 0.6 is 66.3 Å². The van der Waals surface area contributed by atoms with E-state index in [1.165, 1.54) is 9.79 Å². The topological polar surface area (TPSA) is 34.5 Å². The van der Waals surface area contributed by atoms with Crippen LogP contribution in [0.2, 0.25) is 0 Å². The molecule has 4 rings (SSSR count). The summed E-state index contributed by atoms with van der Waals surface area (Å²) in [5.74, 6) is 1.48. The minimum atomic E-state index is 0.214. The van der Waals surface area contributed by atoms with Gasteiger partial charge in [0, 0.05) is 16.2 Å². The molecule has 0 fully saturated rings. The summed E-state index contributed by atoms with van der Waals surface area (Å²) in [4.78, 5) is 11.8. The number of thiazole rings is 1. The van der Waals surface area contributed by atoms with Gasteiger partial charge in [-0.2, -0.15) is 0 Å². The minimum Gasteiger partial charge on any atom is -0.443 e. The van der Waals surface area contributed by atoms with Crippen LogP contribution < -0.4 is 4.74 Å². The van der Waals surface area contributed by atoms with Gasteiger partial charge in [0.15, 0.2) is 10.2 Å². The number of benzene rings is 3. The van der Waals surface area contributed by atoms with Crippen molar-refractivity contribution in [2.24, 2.45) is 4.99 Å². The Morgan fingerprint density at radius 3 is 1.94 bits per heavy atom. The highest BCUT2D eigenvalue weighted by Gasteiger charge is 2.18. The molecule has 0 saturated carbocycles. The van der Waals surface area contributed by atoms with Gasteiger partial charge in [-0.1, -0.05) is 121 Å². The maximum atomic E-state index is 6.27. The molecule has 0 unspecified atom stereocenters.